The molecule has 0 saturated heterocycles. The quantitative estimate of drug-likeness (QED) is 0.759. The summed E-state index contributed by atoms with van der Waals surface area (Å²) in [6.45, 7) is 3.69. The summed E-state index contributed by atoms with van der Waals surface area (Å²) in [6.07, 6.45) is 2.01. The van der Waals surface area contributed by atoms with E-state index in [1.54, 1.807) is 18.4 Å². The van der Waals surface area contributed by atoms with Crippen LogP contribution in [-0.2, 0) is 6.54 Å². The van der Waals surface area contributed by atoms with Gasteiger partial charge >= 0.3 is 0 Å². The number of hydrogen-bond acceptors (Lipinski definition) is 5. The summed E-state index contributed by atoms with van der Waals surface area (Å²) >= 11 is 1.59. The number of nitrogens with one attached hydrogen (secondary N) is 1. The number of fused-ring (bicyclic) bond motifs is 1. The molecule has 1 N–H and O–H groups in total. The maximum atomic E-state index is 5.95. The van der Waals surface area contributed by atoms with Crippen LogP contribution in [0.4, 0.5) is 0 Å². The number of ether oxygens (including phenoxy) is 2. The van der Waals surface area contributed by atoms with Gasteiger partial charge in [0.1, 0.15) is 17.2 Å². The Labute approximate surface area is 127 Å². The van der Waals surface area contributed by atoms with Gasteiger partial charge in [-0.2, -0.15) is 4.98 Å². The van der Waals surface area contributed by atoms with E-state index in [1.165, 1.54) is 0 Å². The van der Waals surface area contributed by atoms with Crippen molar-refractivity contribution < 1.29 is 9.47 Å². The number of imidazole rings is 1. The highest BCUT2D eigenvalue weighted by Gasteiger charge is 2.15. The predicted molar refractivity (Wildman–Crippen MR) is 83.5 cm³/mol. The molecule has 3 aromatic rings. The lowest BCUT2D eigenvalue weighted by Crippen LogP contribution is -2.13. The third-order valence-electron chi connectivity index (χ3n) is 3.12. The standard InChI is InChI=1S/C15H17N3O2S/c1-3-16-10-13-14(17-15-18(13)7-8-21-15)20-12-6-4-5-11(9-12)19-2/h4-9,16H,3,10H2,1-2H3. The van der Waals surface area contributed by atoms with Crippen molar-refractivity contribution in [1.29, 1.82) is 0 Å². The molecule has 0 unspecified atom stereocenters. The van der Waals surface area contributed by atoms with Gasteiger partial charge in [-0.3, -0.25) is 4.40 Å². The molecule has 110 valence electrons. The molecule has 2 heterocycles. The molecule has 5 nitrogen and oxygen atoms in total. The highest BCUT2D eigenvalue weighted by Crippen LogP contribution is 2.29. The van der Waals surface area contributed by atoms with Gasteiger partial charge in [-0.25, -0.2) is 0 Å². The van der Waals surface area contributed by atoms with Gasteiger partial charge in [0.15, 0.2) is 4.96 Å². The molecule has 3 rings (SSSR count). The van der Waals surface area contributed by atoms with Crippen molar-refractivity contribution in [1.82, 2.24) is 14.7 Å². The average molecular weight is 303 g/mol. The van der Waals surface area contributed by atoms with Crippen LogP contribution in [0.5, 0.6) is 17.4 Å². The zero-order valence-electron chi connectivity index (χ0n) is 12.0. The Morgan fingerprint density at radius 3 is 3.00 bits per heavy atom. The molecule has 0 aliphatic heterocycles. The summed E-state index contributed by atoms with van der Waals surface area (Å²) in [6, 6.07) is 7.53. The van der Waals surface area contributed by atoms with E-state index in [-0.39, 0.29) is 0 Å². The number of rotatable bonds is 6. The number of nitrogens with zero attached hydrogens (tertiary/aromatic N) is 2. The number of benzene rings is 1. The summed E-state index contributed by atoms with van der Waals surface area (Å²) in [5, 5.41) is 5.34. The van der Waals surface area contributed by atoms with Crippen molar-refractivity contribution in [3.63, 3.8) is 0 Å². The molecule has 6 heteroatoms. The van der Waals surface area contributed by atoms with Crippen LogP contribution in [0.3, 0.4) is 0 Å². The Hall–Kier alpha value is -2.05. The van der Waals surface area contributed by atoms with Crippen molar-refractivity contribution in [2.45, 2.75) is 13.5 Å². The van der Waals surface area contributed by atoms with Crippen molar-refractivity contribution in [2.24, 2.45) is 0 Å². The Balaban J connectivity index is 1.93. The third kappa shape index (κ3) is 2.86. The first-order chi connectivity index (χ1) is 10.3. The molecule has 0 aliphatic carbocycles. The van der Waals surface area contributed by atoms with Gasteiger partial charge in [-0.1, -0.05) is 13.0 Å². The summed E-state index contributed by atoms with van der Waals surface area (Å²) in [5.74, 6) is 2.12. The molecule has 0 fully saturated rings. The molecule has 0 aliphatic rings. The van der Waals surface area contributed by atoms with Gasteiger partial charge in [0.05, 0.1) is 7.11 Å². The van der Waals surface area contributed by atoms with Gasteiger partial charge in [0.2, 0.25) is 5.88 Å². The topological polar surface area (TPSA) is 47.8 Å². The maximum Gasteiger partial charge on any atom is 0.243 e. The summed E-state index contributed by atoms with van der Waals surface area (Å²) in [5.41, 5.74) is 1.02. The van der Waals surface area contributed by atoms with Crippen LogP contribution >= 0.6 is 11.3 Å². The highest BCUT2D eigenvalue weighted by molar-refractivity contribution is 7.15. The van der Waals surface area contributed by atoms with Crippen molar-refractivity contribution in [3.8, 4) is 17.4 Å². The zero-order valence-corrected chi connectivity index (χ0v) is 12.8. The molecular formula is C15H17N3O2S. The summed E-state index contributed by atoms with van der Waals surface area (Å²) in [7, 11) is 1.64. The van der Waals surface area contributed by atoms with E-state index in [0.29, 0.717) is 12.4 Å². The van der Waals surface area contributed by atoms with Gasteiger partial charge in [0, 0.05) is 24.2 Å². The first kappa shape index (κ1) is 13.9. The minimum Gasteiger partial charge on any atom is -0.497 e. The number of aromatic nitrogens is 2. The SMILES string of the molecule is CCNCc1c(Oc2cccc(OC)c2)nc2sccn12. The molecule has 0 saturated carbocycles. The minimum atomic E-state index is 0.635. The summed E-state index contributed by atoms with van der Waals surface area (Å²) in [4.78, 5) is 5.49. The Kier molecular flexibility index (Phi) is 4.08. The van der Waals surface area contributed by atoms with Crippen molar-refractivity contribution in [3.05, 3.63) is 41.5 Å². The van der Waals surface area contributed by atoms with E-state index < -0.39 is 0 Å². The Bertz CT molecular complexity index is 735. The normalized spacial score (nSPS) is 11.0. The maximum absolute atomic E-state index is 5.95. The van der Waals surface area contributed by atoms with Crippen molar-refractivity contribution >= 4 is 16.3 Å². The molecule has 1 aromatic carbocycles. The average Bonchev–Trinajstić information content (AvgIpc) is 3.07. The molecule has 21 heavy (non-hydrogen) atoms. The van der Waals surface area contributed by atoms with Gasteiger partial charge < -0.3 is 14.8 Å². The molecular weight excluding hydrogens is 286 g/mol. The van der Waals surface area contributed by atoms with Crippen LogP contribution in [0.25, 0.3) is 4.96 Å². The molecule has 0 bridgehead atoms. The molecule has 0 atom stereocenters. The Morgan fingerprint density at radius 2 is 2.19 bits per heavy atom. The van der Waals surface area contributed by atoms with Crippen molar-refractivity contribution in [2.75, 3.05) is 13.7 Å². The van der Waals surface area contributed by atoms with E-state index in [0.717, 1.165) is 28.7 Å². The van der Waals surface area contributed by atoms with E-state index in [4.69, 9.17) is 9.47 Å². The number of methoxy groups -OCH3 is 1. The molecule has 0 spiro atoms. The Morgan fingerprint density at radius 1 is 1.33 bits per heavy atom. The van der Waals surface area contributed by atoms with Crippen LogP contribution < -0.4 is 14.8 Å². The fourth-order valence-corrected chi connectivity index (χ4v) is 2.80. The fraction of sp³-hybridized carbons (Fsp3) is 0.267. The van der Waals surface area contributed by atoms with Crippen LogP contribution in [0, 0.1) is 0 Å². The van der Waals surface area contributed by atoms with Crippen LogP contribution in [-0.4, -0.2) is 23.0 Å². The summed E-state index contributed by atoms with van der Waals surface area (Å²) < 4.78 is 13.2. The van der Waals surface area contributed by atoms with E-state index >= 15 is 0 Å². The minimum absolute atomic E-state index is 0.635. The zero-order chi connectivity index (χ0) is 14.7. The van der Waals surface area contributed by atoms with Gasteiger partial charge in [-0.05, 0) is 18.7 Å². The number of hydrogen-bond donors (Lipinski definition) is 1. The van der Waals surface area contributed by atoms with Crippen LogP contribution in [0.1, 0.15) is 12.6 Å². The van der Waals surface area contributed by atoms with E-state index in [9.17, 15) is 0 Å². The second-order valence-corrected chi connectivity index (χ2v) is 5.35. The first-order valence-electron chi connectivity index (χ1n) is 6.79. The second kappa shape index (κ2) is 6.15. The van der Waals surface area contributed by atoms with E-state index in [2.05, 4.69) is 21.6 Å². The monoisotopic (exact) mass is 303 g/mol. The largest absolute Gasteiger partial charge is 0.497 e. The lowest BCUT2D eigenvalue weighted by molar-refractivity contribution is 0.406. The molecule has 0 amide bonds. The fourth-order valence-electron chi connectivity index (χ4n) is 2.07. The highest BCUT2D eigenvalue weighted by atomic mass is 32.1. The van der Waals surface area contributed by atoms with Gasteiger partial charge in [-0.15, -0.1) is 11.3 Å². The van der Waals surface area contributed by atoms with Gasteiger partial charge in [0.25, 0.3) is 0 Å². The second-order valence-electron chi connectivity index (χ2n) is 4.48. The lowest BCUT2D eigenvalue weighted by atomic mass is 10.3. The van der Waals surface area contributed by atoms with E-state index in [1.807, 2.05) is 35.8 Å². The first-order valence-corrected chi connectivity index (χ1v) is 7.67. The van der Waals surface area contributed by atoms with Crippen LogP contribution in [0.15, 0.2) is 35.8 Å². The van der Waals surface area contributed by atoms with Crippen LogP contribution in [0.2, 0.25) is 0 Å². The smallest absolute Gasteiger partial charge is 0.243 e. The molecule has 2 aromatic heterocycles. The molecule has 0 radical (unpaired) electrons. The predicted octanol–water partition coefficient (Wildman–Crippen LogP) is 3.31. The lowest BCUT2D eigenvalue weighted by Gasteiger charge is -2.07. The number of thiazole rings is 1. The third-order valence-corrected chi connectivity index (χ3v) is 3.88.